The maximum absolute atomic E-state index is 12.1. The van der Waals surface area contributed by atoms with Crippen molar-refractivity contribution in [3.63, 3.8) is 0 Å². The van der Waals surface area contributed by atoms with Crippen LogP contribution in [0.4, 0.5) is 0 Å². The summed E-state index contributed by atoms with van der Waals surface area (Å²) in [7, 11) is 0. The van der Waals surface area contributed by atoms with E-state index in [-0.39, 0.29) is 5.56 Å². The third-order valence-electron chi connectivity index (χ3n) is 4.71. The molecule has 0 radical (unpaired) electrons. The molecule has 1 saturated heterocycles. The summed E-state index contributed by atoms with van der Waals surface area (Å²) in [5.74, 6) is 1.32. The van der Waals surface area contributed by atoms with Crippen molar-refractivity contribution in [1.82, 2.24) is 24.6 Å². The zero-order valence-electron chi connectivity index (χ0n) is 13.4. The summed E-state index contributed by atoms with van der Waals surface area (Å²) < 4.78 is 1.67. The van der Waals surface area contributed by atoms with Gasteiger partial charge in [0.2, 0.25) is 0 Å². The second-order valence-corrected chi connectivity index (χ2v) is 6.65. The van der Waals surface area contributed by atoms with Crippen LogP contribution < -0.4 is 5.56 Å². The van der Waals surface area contributed by atoms with Crippen molar-refractivity contribution in [3.05, 3.63) is 51.5 Å². The predicted molar refractivity (Wildman–Crippen MR) is 86.1 cm³/mol. The first-order valence-electron chi connectivity index (χ1n) is 8.28. The second-order valence-electron chi connectivity index (χ2n) is 6.65. The summed E-state index contributed by atoms with van der Waals surface area (Å²) in [6, 6.07) is 3.75. The summed E-state index contributed by atoms with van der Waals surface area (Å²) in [4.78, 5) is 23.0. The number of hydrogen-bond acceptors (Lipinski definition) is 5. The van der Waals surface area contributed by atoms with Crippen LogP contribution in [0.3, 0.4) is 0 Å². The van der Waals surface area contributed by atoms with Gasteiger partial charge in [0.05, 0.1) is 17.9 Å². The van der Waals surface area contributed by atoms with Gasteiger partial charge in [-0.2, -0.15) is 5.10 Å². The van der Waals surface area contributed by atoms with E-state index in [1.165, 1.54) is 0 Å². The molecule has 2 aromatic rings. The smallest absolute Gasteiger partial charge is 0.267 e. The molecule has 0 unspecified atom stereocenters. The standard InChI is InChI=1S/C17H21N5O/c1-12-18-6-5-15(19-12)11-21-8-13(9-21)10-22-17(23)7-14-3-2-4-16(14)20-22/h5-7,13H,2-4,8-11H2,1H3. The van der Waals surface area contributed by atoms with Gasteiger partial charge < -0.3 is 0 Å². The Morgan fingerprint density at radius 3 is 3.00 bits per heavy atom. The molecule has 1 aliphatic carbocycles. The van der Waals surface area contributed by atoms with Crippen LogP contribution in [0.15, 0.2) is 23.1 Å². The van der Waals surface area contributed by atoms with Gasteiger partial charge in [0.1, 0.15) is 5.82 Å². The molecular weight excluding hydrogens is 290 g/mol. The van der Waals surface area contributed by atoms with Crippen LogP contribution in [-0.2, 0) is 25.9 Å². The Labute approximate surface area is 135 Å². The van der Waals surface area contributed by atoms with Gasteiger partial charge in [0, 0.05) is 37.8 Å². The Morgan fingerprint density at radius 2 is 2.17 bits per heavy atom. The molecule has 6 heteroatoms. The third kappa shape index (κ3) is 3.03. The van der Waals surface area contributed by atoms with E-state index in [2.05, 4.69) is 20.0 Å². The van der Waals surface area contributed by atoms with Crippen molar-refractivity contribution in [2.45, 2.75) is 39.3 Å². The Hall–Kier alpha value is -2.08. The van der Waals surface area contributed by atoms with Gasteiger partial charge in [0.25, 0.3) is 5.56 Å². The van der Waals surface area contributed by atoms with E-state index < -0.39 is 0 Å². The normalized spacial score (nSPS) is 18.0. The molecule has 0 aromatic carbocycles. The SMILES string of the molecule is Cc1nccc(CN2CC(Cn3nc4c(cc3=O)CCC4)C2)n1. The lowest BCUT2D eigenvalue weighted by molar-refractivity contribution is 0.0752. The van der Waals surface area contributed by atoms with Gasteiger partial charge in [-0.15, -0.1) is 0 Å². The minimum absolute atomic E-state index is 0.0514. The topological polar surface area (TPSA) is 63.9 Å². The summed E-state index contributed by atoms with van der Waals surface area (Å²) in [6.45, 7) is 5.48. The molecule has 0 saturated carbocycles. The lowest BCUT2D eigenvalue weighted by Crippen LogP contribution is -2.49. The molecule has 0 bridgehead atoms. The van der Waals surface area contributed by atoms with Crippen LogP contribution in [0, 0.1) is 12.8 Å². The number of rotatable bonds is 4. The molecule has 23 heavy (non-hydrogen) atoms. The highest BCUT2D eigenvalue weighted by Crippen LogP contribution is 2.20. The maximum Gasteiger partial charge on any atom is 0.267 e. The number of aryl methyl sites for hydroxylation is 3. The summed E-state index contributed by atoms with van der Waals surface area (Å²) in [6.07, 6.45) is 4.96. The fourth-order valence-corrected chi connectivity index (χ4v) is 3.56. The van der Waals surface area contributed by atoms with Crippen molar-refractivity contribution in [1.29, 1.82) is 0 Å². The third-order valence-corrected chi connectivity index (χ3v) is 4.71. The average molecular weight is 311 g/mol. The lowest BCUT2D eigenvalue weighted by Gasteiger charge is -2.39. The number of likely N-dealkylation sites (tertiary alicyclic amines) is 1. The van der Waals surface area contributed by atoms with Crippen LogP contribution in [0.5, 0.6) is 0 Å². The van der Waals surface area contributed by atoms with E-state index in [9.17, 15) is 4.79 Å². The molecule has 0 N–H and O–H groups in total. The molecule has 4 rings (SSSR count). The summed E-state index contributed by atoms with van der Waals surface area (Å²) in [5.41, 5.74) is 3.39. The van der Waals surface area contributed by atoms with E-state index in [1.807, 2.05) is 19.2 Å². The van der Waals surface area contributed by atoms with Crippen LogP contribution >= 0.6 is 0 Å². The van der Waals surface area contributed by atoms with Gasteiger partial charge in [-0.05, 0) is 37.8 Å². The van der Waals surface area contributed by atoms with Crippen LogP contribution in [0.25, 0.3) is 0 Å². The van der Waals surface area contributed by atoms with Crippen molar-refractivity contribution in [2.75, 3.05) is 13.1 Å². The molecule has 2 aliphatic rings. The second kappa shape index (κ2) is 5.85. The molecule has 6 nitrogen and oxygen atoms in total. The van der Waals surface area contributed by atoms with E-state index in [4.69, 9.17) is 0 Å². The molecule has 120 valence electrons. The first-order valence-corrected chi connectivity index (χ1v) is 8.28. The van der Waals surface area contributed by atoms with Crippen molar-refractivity contribution < 1.29 is 0 Å². The summed E-state index contributed by atoms with van der Waals surface area (Å²) in [5, 5.41) is 4.56. The zero-order valence-corrected chi connectivity index (χ0v) is 13.4. The Kier molecular flexibility index (Phi) is 3.69. The van der Waals surface area contributed by atoms with E-state index in [0.717, 1.165) is 68.2 Å². The van der Waals surface area contributed by atoms with Crippen molar-refractivity contribution >= 4 is 0 Å². The Balaban J connectivity index is 1.35. The van der Waals surface area contributed by atoms with E-state index >= 15 is 0 Å². The minimum Gasteiger partial charge on any atom is -0.297 e. The molecule has 3 heterocycles. The number of fused-ring (bicyclic) bond motifs is 1. The van der Waals surface area contributed by atoms with Gasteiger partial charge in [-0.3, -0.25) is 9.69 Å². The molecule has 0 amide bonds. The minimum atomic E-state index is 0.0514. The van der Waals surface area contributed by atoms with Gasteiger partial charge in [0.15, 0.2) is 0 Å². The van der Waals surface area contributed by atoms with Crippen LogP contribution in [0.1, 0.15) is 29.2 Å². The Bertz CT molecular complexity index is 779. The summed E-state index contributed by atoms with van der Waals surface area (Å²) >= 11 is 0. The number of hydrogen-bond donors (Lipinski definition) is 0. The zero-order chi connectivity index (χ0) is 15.8. The predicted octanol–water partition coefficient (Wildman–Crippen LogP) is 0.962. The van der Waals surface area contributed by atoms with Crippen molar-refractivity contribution in [2.24, 2.45) is 5.92 Å². The lowest BCUT2D eigenvalue weighted by atomic mass is 10.00. The molecular formula is C17H21N5O. The Morgan fingerprint density at radius 1 is 1.30 bits per heavy atom. The fraction of sp³-hybridized carbons (Fsp3) is 0.529. The monoisotopic (exact) mass is 311 g/mol. The van der Waals surface area contributed by atoms with Crippen LogP contribution in [0.2, 0.25) is 0 Å². The van der Waals surface area contributed by atoms with Gasteiger partial charge in [-0.25, -0.2) is 14.6 Å². The molecule has 2 aromatic heterocycles. The molecule has 1 fully saturated rings. The first kappa shape index (κ1) is 14.5. The quantitative estimate of drug-likeness (QED) is 0.841. The van der Waals surface area contributed by atoms with Gasteiger partial charge in [-0.1, -0.05) is 0 Å². The largest absolute Gasteiger partial charge is 0.297 e. The van der Waals surface area contributed by atoms with Crippen LogP contribution in [-0.4, -0.2) is 37.7 Å². The number of nitrogens with zero attached hydrogens (tertiary/aromatic N) is 5. The highest BCUT2D eigenvalue weighted by atomic mass is 16.1. The average Bonchev–Trinajstić information content (AvgIpc) is 2.92. The maximum atomic E-state index is 12.1. The molecule has 1 aliphatic heterocycles. The molecule has 0 atom stereocenters. The number of aromatic nitrogens is 4. The molecule has 0 spiro atoms. The first-order chi connectivity index (χ1) is 11.2. The van der Waals surface area contributed by atoms with E-state index in [0.29, 0.717) is 5.92 Å². The van der Waals surface area contributed by atoms with Crippen molar-refractivity contribution in [3.8, 4) is 0 Å². The fourth-order valence-electron chi connectivity index (χ4n) is 3.56. The van der Waals surface area contributed by atoms with E-state index in [1.54, 1.807) is 10.7 Å². The highest BCUT2D eigenvalue weighted by molar-refractivity contribution is 5.22. The highest BCUT2D eigenvalue weighted by Gasteiger charge is 2.28. The van der Waals surface area contributed by atoms with Gasteiger partial charge >= 0.3 is 0 Å².